The van der Waals surface area contributed by atoms with Crippen molar-refractivity contribution < 1.29 is 18.3 Å². The van der Waals surface area contributed by atoms with E-state index in [-0.39, 0.29) is 12.4 Å². The lowest BCUT2D eigenvalue weighted by Crippen LogP contribution is -2.07. The maximum Gasteiger partial charge on any atom is 0.229 e. The van der Waals surface area contributed by atoms with Crippen LogP contribution in [0.2, 0.25) is 0 Å². The van der Waals surface area contributed by atoms with Crippen LogP contribution in [0.5, 0.6) is 0 Å². The van der Waals surface area contributed by atoms with E-state index in [0.29, 0.717) is 12.1 Å². The Kier molecular flexibility index (Phi) is 14.0. The van der Waals surface area contributed by atoms with E-state index in [1.165, 1.54) is 6.07 Å². The summed E-state index contributed by atoms with van der Waals surface area (Å²) in [4.78, 5) is 0. The number of alkyl halides is 2. The van der Waals surface area contributed by atoms with Crippen LogP contribution < -0.4 is 5.32 Å². The summed E-state index contributed by atoms with van der Waals surface area (Å²) in [5, 5.41) is 11.6. The fourth-order valence-electron chi connectivity index (χ4n) is 1.05. The Hall–Kier alpha value is -1.07. The molecular weight excluding hydrogens is 231 g/mol. The molecule has 0 bridgehead atoms. The summed E-state index contributed by atoms with van der Waals surface area (Å²) in [7, 11) is 1.76. The molecule has 1 rings (SSSR count). The van der Waals surface area contributed by atoms with Crippen LogP contribution in [-0.4, -0.2) is 19.1 Å². The van der Waals surface area contributed by atoms with Gasteiger partial charge in [-0.05, 0) is 24.7 Å². The molecular formula is C12H20F3NO. The number of benzene rings is 1. The zero-order valence-electron chi connectivity index (χ0n) is 10.4. The lowest BCUT2D eigenvalue weighted by atomic mass is 10.1. The zero-order chi connectivity index (χ0) is 13.7. The molecule has 1 aromatic rings. The molecule has 0 aromatic heterocycles. The molecule has 2 nitrogen and oxygen atoms in total. The van der Waals surface area contributed by atoms with Crippen LogP contribution >= 0.6 is 0 Å². The molecule has 0 spiro atoms. The molecule has 0 heterocycles. The minimum absolute atomic E-state index is 0.0446. The normalized spacial score (nSPS) is 8.65. The van der Waals surface area contributed by atoms with E-state index in [1.54, 1.807) is 19.2 Å². The molecule has 0 saturated heterocycles. The van der Waals surface area contributed by atoms with Crippen LogP contribution in [0.25, 0.3) is 0 Å². The highest BCUT2D eigenvalue weighted by Gasteiger charge is 2.01. The van der Waals surface area contributed by atoms with Gasteiger partial charge in [0.2, 0.25) is 6.93 Å². The van der Waals surface area contributed by atoms with E-state index < -0.39 is 6.93 Å². The fourth-order valence-corrected chi connectivity index (χ4v) is 1.05. The molecule has 1 aromatic carbocycles. The minimum atomic E-state index is -1.75. The SMILES string of the molecule is CC.CNCc1cc(CO)ccc1F.FCF. The Morgan fingerprint density at radius 3 is 2.18 bits per heavy atom. The highest BCUT2D eigenvalue weighted by molar-refractivity contribution is 5.24. The van der Waals surface area contributed by atoms with Gasteiger partial charge in [-0.3, -0.25) is 0 Å². The Balaban J connectivity index is 0. The van der Waals surface area contributed by atoms with E-state index in [2.05, 4.69) is 5.32 Å². The number of aliphatic hydroxyl groups excluding tert-OH is 1. The first kappa shape index (κ1) is 18.3. The second kappa shape index (κ2) is 13.0. The van der Waals surface area contributed by atoms with Crippen molar-refractivity contribution in [2.24, 2.45) is 0 Å². The van der Waals surface area contributed by atoms with Crippen molar-refractivity contribution in [1.29, 1.82) is 0 Å². The fraction of sp³-hybridized carbons (Fsp3) is 0.500. The van der Waals surface area contributed by atoms with Crippen molar-refractivity contribution in [3.8, 4) is 0 Å². The van der Waals surface area contributed by atoms with Crippen LogP contribution in [0.1, 0.15) is 25.0 Å². The van der Waals surface area contributed by atoms with Crippen LogP contribution in [0.15, 0.2) is 18.2 Å². The third-order valence-corrected chi connectivity index (χ3v) is 1.66. The van der Waals surface area contributed by atoms with Crippen molar-refractivity contribution in [2.45, 2.75) is 27.0 Å². The molecule has 17 heavy (non-hydrogen) atoms. The van der Waals surface area contributed by atoms with Crippen molar-refractivity contribution >= 4 is 0 Å². The van der Waals surface area contributed by atoms with Gasteiger partial charge in [-0.2, -0.15) is 0 Å². The van der Waals surface area contributed by atoms with Crippen molar-refractivity contribution in [1.82, 2.24) is 5.32 Å². The lowest BCUT2D eigenvalue weighted by molar-refractivity contribution is 0.281. The van der Waals surface area contributed by atoms with Gasteiger partial charge in [-0.1, -0.05) is 19.9 Å². The van der Waals surface area contributed by atoms with Crippen LogP contribution in [0, 0.1) is 5.82 Å². The van der Waals surface area contributed by atoms with E-state index in [4.69, 9.17) is 5.11 Å². The number of nitrogens with one attached hydrogen (secondary N) is 1. The molecule has 2 N–H and O–H groups in total. The predicted molar refractivity (Wildman–Crippen MR) is 63.5 cm³/mol. The maximum absolute atomic E-state index is 13.0. The molecule has 0 radical (unpaired) electrons. The second-order valence-corrected chi connectivity index (χ2v) is 2.72. The second-order valence-electron chi connectivity index (χ2n) is 2.72. The third-order valence-electron chi connectivity index (χ3n) is 1.66. The first-order valence-electron chi connectivity index (χ1n) is 5.34. The Labute approximate surface area is 100 Å². The summed E-state index contributed by atoms with van der Waals surface area (Å²) in [6, 6.07) is 4.61. The molecule has 0 saturated carbocycles. The number of hydrogen-bond acceptors (Lipinski definition) is 2. The van der Waals surface area contributed by atoms with Gasteiger partial charge in [0.15, 0.2) is 0 Å². The summed E-state index contributed by atoms with van der Waals surface area (Å²) in [5.74, 6) is -0.235. The number of aliphatic hydroxyl groups is 1. The molecule has 0 unspecified atom stereocenters. The zero-order valence-corrected chi connectivity index (χ0v) is 10.4. The highest BCUT2D eigenvalue weighted by Crippen LogP contribution is 2.10. The summed E-state index contributed by atoms with van der Waals surface area (Å²) in [6.45, 7) is 2.69. The largest absolute Gasteiger partial charge is 0.392 e. The standard InChI is InChI=1S/C9H12FNO.C2H6.CH2F2/c1-11-5-8-4-7(6-12)2-3-9(8)10;1-2;2-1-3/h2-4,11-12H,5-6H2,1H3;1-2H3;1H2. The smallest absolute Gasteiger partial charge is 0.229 e. The molecule has 0 atom stereocenters. The molecule has 5 heteroatoms. The summed E-state index contributed by atoms with van der Waals surface area (Å²) in [6.07, 6.45) is 0. The van der Waals surface area contributed by atoms with Gasteiger partial charge in [0.25, 0.3) is 0 Å². The van der Waals surface area contributed by atoms with Crippen LogP contribution in [-0.2, 0) is 13.2 Å². The van der Waals surface area contributed by atoms with Gasteiger partial charge in [0.1, 0.15) is 5.82 Å². The van der Waals surface area contributed by atoms with Crippen molar-refractivity contribution in [2.75, 3.05) is 14.0 Å². The van der Waals surface area contributed by atoms with Crippen molar-refractivity contribution in [3.63, 3.8) is 0 Å². The topological polar surface area (TPSA) is 32.3 Å². The Morgan fingerprint density at radius 1 is 1.24 bits per heavy atom. The van der Waals surface area contributed by atoms with Crippen LogP contribution in [0.3, 0.4) is 0 Å². The lowest BCUT2D eigenvalue weighted by Gasteiger charge is -2.03. The molecule has 0 amide bonds. The van der Waals surface area contributed by atoms with E-state index >= 15 is 0 Å². The van der Waals surface area contributed by atoms with Gasteiger partial charge in [0, 0.05) is 12.1 Å². The monoisotopic (exact) mass is 251 g/mol. The number of hydrogen-bond donors (Lipinski definition) is 2. The maximum atomic E-state index is 13.0. The molecule has 0 aliphatic carbocycles. The van der Waals surface area contributed by atoms with E-state index in [9.17, 15) is 13.2 Å². The molecule has 0 aliphatic rings. The molecule has 0 fully saturated rings. The number of halogens is 3. The van der Waals surface area contributed by atoms with Gasteiger partial charge in [-0.15, -0.1) is 0 Å². The first-order chi connectivity index (χ1) is 8.19. The number of rotatable bonds is 3. The van der Waals surface area contributed by atoms with Gasteiger partial charge < -0.3 is 10.4 Å². The predicted octanol–water partition coefficient (Wildman–Crippen LogP) is 2.95. The summed E-state index contributed by atoms with van der Waals surface area (Å²) in [5.41, 5.74) is 1.32. The average Bonchev–Trinajstić information content (AvgIpc) is 2.36. The Morgan fingerprint density at radius 2 is 1.76 bits per heavy atom. The highest BCUT2D eigenvalue weighted by atomic mass is 19.3. The summed E-state index contributed by atoms with van der Waals surface area (Å²) < 4.78 is 32.2. The van der Waals surface area contributed by atoms with E-state index in [0.717, 1.165) is 5.56 Å². The first-order valence-corrected chi connectivity index (χ1v) is 5.34. The minimum Gasteiger partial charge on any atom is -0.392 e. The third kappa shape index (κ3) is 8.71. The summed E-state index contributed by atoms with van der Waals surface area (Å²) >= 11 is 0. The molecule has 0 aliphatic heterocycles. The quantitative estimate of drug-likeness (QED) is 0.865. The van der Waals surface area contributed by atoms with Gasteiger partial charge in [-0.25, -0.2) is 13.2 Å². The van der Waals surface area contributed by atoms with E-state index in [1.807, 2.05) is 13.8 Å². The van der Waals surface area contributed by atoms with Crippen LogP contribution in [0.4, 0.5) is 13.2 Å². The molecule has 100 valence electrons. The van der Waals surface area contributed by atoms with Crippen molar-refractivity contribution in [3.05, 3.63) is 35.1 Å². The Bertz CT molecular complexity index is 282. The van der Waals surface area contributed by atoms with Gasteiger partial charge >= 0.3 is 0 Å². The average molecular weight is 251 g/mol. The van der Waals surface area contributed by atoms with Gasteiger partial charge in [0.05, 0.1) is 6.61 Å².